The number of methoxy groups -OCH3 is 1. The Kier molecular flexibility index (Phi) is 4.28. The van der Waals surface area contributed by atoms with Crippen molar-refractivity contribution in [3.63, 3.8) is 0 Å². The normalized spacial score (nSPS) is 10.2. The van der Waals surface area contributed by atoms with Gasteiger partial charge in [0, 0.05) is 11.8 Å². The molecule has 122 valence electrons. The number of oxazole rings is 1. The van der Waals surface area contributed by atoms with Crippen LogP contribution in [-0.2, 0) is 0 Å². The molecule has 24 heavy (non-hydrogen) atoms. The first-order chi connectivity index (χ1) is 11.7. The van der Waals surface area contributed by atoms with Crippen LogP contribution in [0.4, 0.5) is 11.7 Å². The van der Waals surface area contributed by atoms with Crippen molar-refractivity contribution in [2.24, 2.45) is 0 Å². The molecule has 0 aliphatic carbocycles. The Balaban J connectivity index is 1.66. The van der Waals surface area contributed by atoms with Gasteiger partial charge in [-0.25, -0.2) is 0 Å². The van der Waals surface area contributed by atoms with Crippen molar-refractivity contribution in [1.29, 1.82) is 0 Å². The lowest BCUT2D eigenvalue weighted by Gasteiger charge is -2.04. The first kappa shape index (κ1) is 15.3. The van der Waals surface area contributed by atoms with Crippen LogP contribution in [0.2, 0.25) is 0 Å². The minimum Gasteiger partial charge on any atom is -0.497 e. The number of nitrogens with one attached hydrogen (secondary N) is 2. The van der Waals surface area contributed by atoms with Crippen molar-refractivity contribution in [1.82, 2.24) is 4.98 Å². The van der Waals surface area contributed by atoms with E-state index in [4.69, 9.17) is 13.6 Å². The van der Waals surface area contributed by atoms with Crippen LogP contribution in [0.3, 0.4) is 0 Å². The standard InChI is InChI=1S/C16H13N3O5/c1-22-11-5-2-4-10(8-11)17-14(20)12-9-24-16(18-12)19-15(21)13-6-3-7-23-13/h2-9H,1H3,(H,17,20)(H,18,19,21). The third-order valence-electron chi connectivity index (χ3n) is 3.03. The summed E-state index contributed by atoms with van der Waals surface area (Å²) in [6, 6.07) is 9.84. The van der Waals surface area contributed by atoms with E-state index in [1.807, 2.05) is 0 Å². The second-order valence-electron chi connectivity index (χ2n) is 4.66. The molecule has 2 amide bonds. The average molecular weight is 327 g/mol. The molecule has 1 aromatic carbocycles. The van der Waals surface area contributed by atoms with Gasteiger partial charge in [-0.3, -0.25) is 14.9 Å². The predicted octanol–water partition coefficient (Wildman–Crippen LogP) is 2.78. The molecule has 0 atom stereocenters. The van der Waals surface area contributed by atoms with Crippen LogP contribution in [-0.4, -0.2) is 23.9 Å². The number of hydrogen-bond donors (Lipinski definition) is 2. The first-order valence-corrected chi connectivity index (χ1v) is 6.91. The maximum absolute atomic E-state index is 12.1. The summed E-state index contributed by atoms with van der Waals surface area (Å²) in [7, 11) is 1.53. The molecule has 0 fully saturated rings. The Morgan fingerprint density at radius 3 is 2.71 bits per heavy atom. The van der Waals surface area contributed by atoms with E-state index in [0.29, 0.717) is 11.4 Å². The molecule has 0 saturated carbocycles. The fraction of sp³-hybridized carbons (Fsp3) is 0.0625. The van der Waals surface area contributed by atoms with Crippen molar-refractivity contribution in [3.8, 4) is 5.75 Å². The van der Waals surface area contributed by atoms with Crippen LogP contribution in [0.1, 0.15) is 21.0 Å². The molecule has 0 saturated heterocycles. The number of aromatic nitrogens is 1. The van der Waals surface area contributed by atoms with Crippen LogP contribution in [0, 0.1) is 0 Å². The Labute approximate surface area is 136 Å². The van der Waals surface area contributed by atoms with Crippen LogP contribution in [0.5, 0.6) is 5.75 Å². The minimum atomic E-state index is -0.526. The summed E-state index contributed by atoms with van der Waals surface area (Å²) < 4.78 is 15.1. The number of benzene rings is 1. The summed E-state index contributed by atoms with van der Waals surface area (Å²) in [6.07, 6.45) is 2.52. The number of nitrogens with zero attached hydrogens (tertiary/aromatic N) is 1. The van der Waals surface area contributed by atoms with E-state index >= 15 is 0 Å². The van der Waals surface area contributed by atoms with Gasteiger partial charge in [0.05, 0.1) is 13.4 Å². The van der Waals surface area contributed by atoms with Gasteiger partial charge < -0.3 is 18.9 Å². The molecule has 0 spiro atoms. The fourth-order valence-corrected chi connectivity index (χ4v) is 1.90. The highest BCUT2D eigenvalue weighted by Gasteiger charge is 2.16. The van der Waals surface area contributed by atoms with Gasteiger partial charge in [-0.1, -0.05) is 6.07 Å². The lowest BCUT2D eigenvalue weighted by atomic mass is 10.3. The first-order valence-electron chi connectivity index (χ1n) is 6.91. The van der Waals surface area contributed by atoms with Gasteiger partial charge in [0.2, 0.25) is 0 Å². The highest BCUT2D eigenvalue weighted by Crippen LogP contribution is 2.18. The zero-order valence-electron chi connectivity index (χ0n) is 12.6. The molecule has 0 radical (unpaired) electrons. The van der Waals surface area contributed by atoms with E-state index in [2.05, 4.69) is 15.6 Å². The molecule has 3 rings (SSSR count). The van der Waals surface area contributed by atoms with Gasteiger partial charge in [0.1, 0.15) is 12.0 Å². The highest BCUT2D eigenvalue weighted by atomic mass is 16.5. The third-order valence-corrected chi connectivity index (χ3v) is 3.03. The predicted molar refractivity (Wildman–Crippen MR) is 84.1 cm³/mol. The summed E-state index contributed by atoms with van der Waals surface area (Å²) in [5, 5.41) is 5.05. The minimum absolute atomic E-state index is 0.0209. The van der Waals surface area contributed by atoms with Crippen molar-refractivity contribution in [2.75, 3.05) is 17.7 Å². The van der Waals surface area contributed by atoms with Crippen molar-refractivity contribution in [3.05, 3.63) is 60.4 Å². The van der Waals surface area contributed by atoms with Gasteiger partial charge in [-0.15, -0.1) is 0 Å². The number of hydrogen-bond acceptors (Lipinski definition) is 6. The van der Waals surface area contributed by atoms with Crippen molar-refractivity contribution < 1.29 is 23.2 Å². The number of anilines is 2. The summed E-state index contributed by atoms with van der Waals surface area (Å²) in [6.45, 7) is 0. The Morgan fingerprint density at radius 1 is 1.08 bits per heavy atom. The molecule has 3 aromatic rings. The fourth-order valence-electron chi connectivity index (χ4n) is 1.90. The quantitative estimate of drug-likeness (QED) is 0.746. The monoisotopic (exact) mass is 327 g/mol. The molecule has 0 aliphatic heterocycles. The molecular weight excluding hydrogens is 314 g/mol. The summed E-state index contributed by atoms with van der Waals surface area (Å²) in [4.78, 5) is 27.8. The third kappa shape index (κ3) is 3.43. The number of carbonyl (C=O) groups is 2. The van der Waals surface area contributed by atoms with Crippen LogP contribution in [0.25, 0.3) is 0 Å². The molecular formula is C16H13N3O5. The molecule has 2 heterocycles. The van der Waals surface area contributed by atoms with E-state index in [1.54, 1.807) is 30.3 Å². The Morgan fingerprint density at radius 2 is 1.96 bits per heavy atom. The van der Waals surface area contributed by atoms with Crippen LogP contribution < -0.4 is 15.4 Å². The maximum Gasteiger partial charge on any atom is 0.302 e. The van der Waals surface area contributed by atoms with Crippen LogP contribution >= 0.6 is 0 Å². The maximum atomic E-state index is 12.1. The zero-order chi connectivity index (χ0) is 16.9. The van der Waals surface area contributed by atoms with E-state index in [1.165, 1.54) is 19.4 Å². The van der Waals surface area contributed by atoms with E-state index < -0.39 is 11.8 Å². The SMILES string of the molecule is COc1cccc(NC(=O)c2coc(NC(=O)c3ccco3)n2)c1. The largest absolute Gasteiger partial charge is 0.497 e. The molecule has 0 aliphatic rings. The van der Waals surface area contributed by atoms with Crippen molar-refractivity contribution in [2.45, 2.75) is 0 Å². The number of furan rings is 1. The highest BCUT2D eigenvalue weighted by molar-refractivity contribution is 6.04. The number of ether oxygens (including phenoxy) is 1. The Hall–Kier alpha value is -3.55. The Bertz CT molecular complexity index is 854. The van der Waals surface area contributed by atoms with Crippen molar-refractivity contribution >= 4 is 23.5 Å². The number of amides is 2. The topological polar surface area (TPSA) is 107 Å². The van der Waals surface area contributed by atoms with Gasteiger partial charge in [0.25, 0.3) is 11.8 Å². The van der Waals surface area contributed by atoms with Crippen LogP contribution in [0.15, 0.2) is 57.8 Å². The molecule has 0 bridgehead atoms. The molecule has 2 N–H and O–H groups in total. The smallest absolute Gasteiger partial charge is 0.302 e. The summed E-state index contributed by atoms with van der Waals surface area (Å²) in [5.74, 6) is -0.290. The molecule has 2 aromatic heterocycles. The van der Waals surface area contributed by atoms with Gasteiger partial charge in [-0.05, 0) is 24.3 Å². The lowest BCUT2D eigenvalue weighted by Crippen LogP contribution is -2.14. The molecule has 8 nitrogen and oxygen atoms in total. The zero-order valence-corrected chi connectivity index (χ0v) is 12.6. The number of carbonyl (C=O) groups excluding carboxylic acids is 2. The molecule has 0 unspecified atom stereocenters. The van der Waals surface area contributed by atoms with Gasteiger partial charge in [0.15, 0.2) is 11.5 Å². The second kappa shape index (κ2) is 6.69. The van der Waals surface area contributed by atoms with Gasteiger partial charge in [-0.2, -0.15) is 4.98 Å². The summed E-state index contributed by atoms with van der Waals surface area (Å²) >= 11 is 0. The molecule has 8 heteroatoms. The van der Waals surface area contributed by atoms with E-state index in [-0.39, 0.29) is 17.5 Å². The average Bonchev–Trinajstić information content (AvgIpc) is 3.26. The number of rotatable bonds is 5. The lowest BCUT2D eigenvalue weighted by molar-refractivity contribution is 0.0990. The second-order valence-corrected chi connectivity index (χ2v) is 4.66. The van der Waals surface area contributed by atoms with E-state index in [9.17, 15) is 9.59 Å². The summed E-state index contributed by atoms with van der Waals surface area (Å²) in [5.41, 5.74) is 0.566. The van der Waals surface area contributed by atoms with E-state index in [0.717, 1.165) is 6.26 Å². The van der Waals surface area contributed by atoms with Gasteiger partial charge >= 0.3 is 6.01 Å².